The average Bonchev–Trinajstić information content (AvgIpc) is 2.05. The van der Waals surface area contributed by atoms with Crippen LogP contribution >= 0.6 is 0 Å². The summed E-state index contributed by atoms with van der Waals surface area (Å²) < 4.78 is 17.2. The van der Waals surface area contributed by atoms with Gasteiger partial charge in [0.05, 0.1) is 13.7 Å². The minimum atomic E-state index is -0.662. The summed E-state index contributed by atoms with van der Waals surface area (Å²) in [5, 5.41) is 8.63. The zero-order valence-electron chi connectivity index (χ0n) is 6.04. The van der Waals surface area contributed by atoms with E-state index in [2.05, 4.69) is 9.72 Å². The summed E-state index contributed by atoms with van der Waals surface area (Å²) in [6.45, 7) is -0.163. The number of ether oxygens (including phenoxy) is 1. The summed E-state index contributed by atoms with van der Waals surface area (Å²) in [7, 11) is 1.35. The lowest BCUT2D eigenvalue weighted by Crippen LogP contribution is -1.94. The topological polar surface area (TPSA) is 42.4 Å². The van der Waals surface area contributed by atoms with Crippen LogP contribution in [0.4, 0.5) is 4.39 Å². The molecule has 0 amide bonds. The molecule has 0 saturated carbocycles. The van der Waals surface area contributed by atoms with Gasteiger partial charge in [-0.15, -0.1) is 0 Å². The summed E-state index contributed by atoms with van der Waals surface area (Å²) in [5.41, 5.74) is 0.531. The molecule has 0 saturated heterocycles. The van der Waals surface area contributed by atoms with Gasteiger partial charge in [0.15, 0.2) is 5.75 Å². The van der Waals surface area contributed by atoms with Gasteiger partial charge in [0.2, 0.25) is 0 Å². The third-order valence-corrected chi connectivity index (χ3v) is 1.27. The Kier molecular flexibility index (Phi) is 2.38. The van der Waals surface area contributed by atoms with Crippen molar-refractivity contribution in [3.8, 4) is 5.75 Å². The van der Waals surface area contributed by atoms with Crippen molar-refractivity contribution in [2.75, 3.05) is 7.11 Å². The smallest absolute Gasteiger partial charge is 0.255 e. The fourth-order valence-electron chi connectivity index (χ4n) is 0.698. The van der Waals surface area contributed by atoms with E-state index in [1.807, 2.05) is 0 Å². The van der Waals surface area contributed by atoms with Crippen LogP contribution in [0.25, 0.3) is 0 Å². The van der Waals surface area contributed by atoms with Crippen LogP contribution in [-0.2, 0) is 6.61 Å². The quantitative estimate of drug-likeness (QED) is 0.643. The van der Waals surface area contributed by atoms with Crippen molar-refractivity contribution in [3.05, 3.63) is 23.8 Å². The second kappa shape index (κ2) is 3.30. The van der Waals surface area contributed by atoms with E-state index in [4.69, 9.17) is 5.11 Å². The maximum Gasteiger partial charge on any atom is 0.255 e. The molecule has 0 spiro atoms. The number of hydrogen-bond acceptors (Lipinski definition) is 3. The van der Waals surface area contributed by atoms with Crippen molar-refractivity contribution in [3.63, 3.8) is 0 Å². The van der Waals surface area contributed by atoms with E-state index in [0.29, 0.717) is 5.56 Å². The molecule has 11 heavy (non-hydrogen) atoms. The van der Waals surface area contributed by atoms with Gasteiger partial charge in [0, 0.05) is 6.20 Å². The van der Waals surface area contributed by atoms with Crippen molar-refractivity contribution < 1.29 is 14.2 Å². The maximum absolute atomic E-state index is 12.6. The molecule has 1 aromatic heterocycles. The van der Waals surface area contributed by atoms with E-state index in [1.54, 1.807) is 0 Å². The van der Waals surface area contributed by atoms with Crippen molar-refractivity contribution in [1.29, 1.82) is 0 Å². The number of aliphatic hydroxyl groups excluding tert-OH is 1. The Bertz CT molecular complexity index is 252. The Morgan fingerprint density at radius 1 is 1.73 bits per heavy atom. The average molecular weight is 157 g/mol. The van der Waals surface area contributed by atoms with E-state index in [9.17, 15) is 4.39 Å². The molecule has 0 unspecified atom stereocenters. The predicted molar refractivity (Wildman–Crippen MR) is 36.7 cm³/mol. The largest absolute Gasteiger partial charge is 0.492 e. The molecule has 0 aliphatic heterocycles. The molecule has 60 valence electrons. The zero-order valence-corrected chi connectivity index (χ0v) is 6.04. The monoisotopic (exact) mass is 157 g/mol. The molecule has 0 aliphatic carbocycles. The van der Waals surface area contributed by atoms with Gasteiger partial charge in [-0.2, -0.15) is 4.39 Å². The first-order valence-corrected chi connectivity index (χ1v) is 3.07. The van der Waals surface area contributed by atoms with E-state index in [-0.39, 0.29) is 12.4 Å². The van der Waals surface area contributed by atoms with Crippen LogP contribution in [0.2, 0.25) is 0 Å². The van der Waals surface area contributed by atoms with Crippen LogP contribution in [0.3, 0.4) is 0 Å². The summed E-state index contributed by atoms with van der Waals surface area (Å²) in [6.07, 6.45) is 1.26. The summed E-state index contributed by atoms with van der Waals surface area (Å²) in [6, 6.07) is 1.41. The SMILES string of the molecule is COc1cc(CO)cnc1F. The van der Waals surface area contributed by atoms with Gasteiger partial charge in [-0.05, 0) is 11.6 Å². The molecule has 0 radical (unpaired) electrons. The molecule has 1 N–H and O–H groups in total. The highest BCUT2D eigenvalue weighted by Crippen LogP contribution is 2.14. The zero-order chi connectivity index (χ0) is 8.27. The molecule has 4 heteroatoms. The van der Waals surface area contributed by atoms with E-state index in [1.165, 1.54) is 19.4 Å². The van der Waals surface area contributed by atoms with E-state index < -0.39 is 5.95 Å². The van der Waals surface area contributed by atoms with Gasteiger partial charge in [0.25, 0.3) is 5.95 Å². The second-order valence-electron chi connectivity index (χ2n) is 1.99. The van der Waals surface area contributed by atoms with Gasteiger partial charge < -0.3 is 9.84 Å². The van der Waals surface area contributed by atoms with Crippen molar-refractivity contribution >= 4 is 0 Å². The van der Waals surface area contributed by atoms with Crippen LogP contribution in [0.5, 0.6) is 5.75 Å². The fourth-order valence-corrected chi connectivity index (χ4v) is 0.698. The van der Waals surface area contributed by atoms with Gasteiger partial charge in [-0.1, -0.05) is 0 Å². The first kappa shape index (κ1) is 7.94. The maximum atomic E-state index is 12.6. The normalized spacial score (nSPS) is 9.73. The van der Waals surface area contributed by atoms with Crippen molar-refractivity contribution in [1.82, 2.24) is 4.98 Å². The number of nitrogens with zero attached hydrogens (tertiary/aromatic N) is 1. The van der Waals surface area contributed by atoms with Crippen LogP contribution in [0, 0.1) is 5.95 Å². The lowest BCUT2D eigenvalue weighted by molar-refractivity contribution is 0.279. The molecule has 0 atom stereocenters. The Hall–Kier alpha value is -1.16. The Balaban J connectivity index is 3.02. The number of aromatic nitrogens is 1. The van der Waals surface area contributed by atoms with Crippen LogP contribution in [-0.4, -0.2) is 17.2 Å². The standard InChI is InChI=1S/C7H8FNO2/c1-11-6-2-5(4-10)3-9-7(6)8/h2-3,10H,4H2,1H3. The molecule has 1 rings (SSSR count). The third-order valence-electron chi connectivity index (χ3n) is 1.27. The number of aliphatic hydroxyl groups is 1. The summed E-state index contributed by atoms with van der Waals surface area (Å²) in [5.74, 6) is -0.610. The van der Waals surface area contributed by atoms with Gasteiger partial charge >= 0.3 is 0 Å². The molecule has 0 fully saturated rings. The second-order valence-corrected chi connectivity index (χ2v) is 1.99. The van der Waals surface area contributed by atoms with Crippen molar-refractivity contribution in [2.45, 2.75) is 6.61 Å². The van der Waals surface area contributed by atoms with Crippen LogP contribution in [0.15, 0.2) is 12.3 Å². The van der Waals surface area contributed by atoms with Crippen molar-refractivity contribution in [2.24, 2.45) is 0 Å². The first-order chi connectivity index (χ1) is 5.27. The molecular weight excluding hydrogens is 149 g/mol. The first-order valence-electron chi connectivity index (χ1n) is 3.07. The lowest BCUT2D eigenvalue weighted by Gasteiger charge is -2.01. The number of halogens is 1. The number of rotatable bonds is 2. The van der Waals surface area contributed by atoms with E-state index >= 15 is 0 Å². The van der Waals surface area contributed by atoms with E-state index in [0.717, 1.165) is 0 Å². The molecule has 3 nitrogen and oxygen atoms in total. The fraction of sp³-hybridized carbons (Fsp3) is 0.286. The molecule has 0 bridgehead atoms. The Morgan fingerprint density at radius 3 is 3.00 bits per heavy atom. The van der Waals surface area contributed by atoms with Gasteiger partial charge in [0.1, 0.15) is 0 Å². The summed E-state index contributed by atoms with van der Waals surface area (Å²) >= 11 is 0. The number of methoxy groups -OCH3 is 1. The van der Waals surface area contributed by atoms with Crippen LogP contribution < -0.4 is 4.74 Å². The third kappa shape index (κ3) is 1.65. The number of pyridine rings is 1. The van der Waals surface area contributed by atoms with Gasteiger partial charge in [-0.3, -0.25) is 0 Å². The van der Waals surface area contributed by atoms with Gasteiger partial charge in [-0.25, -0.2) is 4.98 Å². The minimum absolute atomic E-state index is 0.0524. The molecular formula is C7H8FNO2. The van der Waals surface area contributed by atoms with Crippen LogP contribution in [0.1, 0.15) is 5.56 Å². The highest BCUT2D eigenvalue weighted by Gasteiger charge is 2.03. The lowest BCUT2D eigenvalue weighted by atomic mass is 10.3. The Morgan fingerprint density at radius 2 is 2.45 bits per heavy atom. The molecule has 1 aromatic rings. The molecule has 0 aliphatic rings. The highest BCUT2D eigenvalue weighted by molar-refractivity contribution is 5.24. The highest BCUT2D eigenvalue weighted by atomic mass is 19.1. The minimum Gasteiger partial charge on any atom is -0.492 e. The summed E-state index contributed by atoms with van der Waals surface area (Å²) in [4.78, 5) is 3.37. The molecule has 1 heterocycles. The molecule has 0 aromatic carbocycles. The predicted octanol–water partition coefficient (Wildman–Crippen LogP) is 0.722. The Labute approximate surface area is 63.5 Å². The number of hydrogen-bond donors (Lipinski definition) is 1.